The number of pyridine rings is 1. The number of H-pyrrole nitrogens is 1. The van der Waals surface area contributed by atoms with Gasteiger partial charge in [-0.1, -0.05) is 18.2 Å². The number of carbonyl (C=O) groups is 2. The third-order valence-corrected chi connectivity index (χ3v) is 4.62. The van der Waals surface area contributed by atoms with E-state index >= 15 is 0 Å². The maximum absolute atomic E-state index is 12.6. The third-order valence-electron chi connectivity index (χ3n) is 4.62. The van der Waals surface area contributed by atoms with Crippen molar-refractivity contribution in [3.8, 4) is 0 Å². The van der Waals surface area contributed by atoms with Crippen molar-refractivity contribution in [2.75, 3.05) is 5.32 Å². The highest BCUT2D eigenvalue weighted by molar-refractivity contribution is 6.07. The molecule has 7 heteroatoms. The number of amides is 2. The van der Waals surface area contributed by atoms with Crippen molar-refractivity contribution in [1.82, 2.24) is 15.2 Å². The first kappa shape index (κ1) is 15.3. The van der Waals surface area contributed by atoms with E-state index in [0.717, 1.165) is 24.1 Å². The minimum atomic E-state index is -0.546. The van der Waals surface area contributed by atoms with Crippen LogP contribution in [0.1, 0.15) is 28.0 Å². The second-order valence-corrected chi connectivity index (χ2v) is 6.24. The lowest BCUT2D eigenvalue weighted by Crippen LogP contribution is -2.28. The number of hydrogen-bond acceptors (Lipinski definition) is 4. The number of anilines is 1. The summed E-state index contributed by atoms with van der Waals surface area (Å²) in [6.07, 6.45) is 3.96. The number of aromatic nitrogens is 3. The van der Waals surface area contributed by atoms with Crippen molar-refractivity contribution >= 4 is 28.5 Å². The number of hydrogen-bond donors (Lipinski definition) is 3. The van der Waals surface area contributed by atoms with Crippen LogP contribution in [0.3, 0.4) is 0 Å². The Morgan fingerprint density at radius 1 is 1.28 bits per heavy atom. The molecule has 1 aliphatic rings. The zero-order valence-corrected chi connectivity index (χ0v) is 13.5. The van der Waals surface area contributed by atoms with E-state index in [1.54, 1.807) is 18.3 Å². The van der Waals surface area contributed by atoms with Crippen molar-refractivity contribution in [3.63, 3.8) is 0 Å². The summed E-state index contributed by atoms with van der Waals surface area (Å²) < 4.78 is 0. The molecule has 0 aliphatic heterocycles. The van der Waals surface area contributed by atoms with Crippen LogP contribution in [0.5, 0.6) is 0 Å². The first-order chi connectivity index (χ1) is 12.1. The fourth-order valence-corrected chi connectivity index (χ4v) is 3.31. The summed E-state index contributed by atoms with van der Waals surface area (Å²) >= 11 is 0. The number of nitrogens with two attached hydrogens (primary N) is 1. The Morgan fingerprint density at radius 2 is 2.12 bits per heavy atom. The highest BCUT2D eigenvalue weighted by Gasteiger charge is 2.26. The molecule has 0 saturated carbocycles. The van der Waals surface area contributed by atoms with Crippen LogP contribution < -0.4 is 11.1 Å². The number of nitrogens with one attached hydrogen (secondary N) is 2. The Hall–Kier alpha value is -3.22. The van der Waals surface area contributed by atoms with Gasteiger partial charge in [-0.3, -0.25) is 14.7 Å². The standard InChI is InChI=1S/C18H17N5O2/c19-17(24)13-8-16(21-15-4-2-1-3-12(13)15)22-18(25)10-5-6-14-11(7-10)9-20-23-14/h1-4,8-10H,5-7H2,(H2,19,24)(H,20,23)(H,21,22,25). The molecule has 2 amide bonds. The molecule has 4 N–H and O–H groups in total. The molecule has 1 aromatic carbocycles. The van der Waals surface area contributed by atoms with E-state index in [1.165, 1.54) is 6.07 Å². The van der Waals surface area contributed by atoms with Crippen LogP contribution in [0.4, 0.5) is 5.82 Å². The maximum Gasteiger partial charge on any atom is 0.249 e. The summed E-state index contributed by atoms with van der Waals surface area (Å²) in [4.78, 5) is 28.8. The quantitative estimate of drug-likeness (QED) is 0.677. The fourth-order valence-electron chi connectivity index (χ4n) is 3.31. The van der Waals surface area contributed by atoms with Crippen LogP contribution >= 0.6 is 0 Å². The molecule has 1 unspecified atom stereocenters. The number of fused-ring (bicyclic) bond motifs is 2. The minimum absolute atomic E-state index is 0.106. The van der Waals surface area contributed by atoms with Crippen molar-refractivity contribution in [1.29, 1.82) is 0 Å². The summed E-state index contributed by atoms with van der Waals surface area (Å²) in [5.41, 5.74) is 8.62. The molecular weight excluding hydrogens is 318 g/mol. The topological polar surface area (TPSA) is 114 Å². The Labute approximate surface area is 143 Å². The zero-order chi connectivity index (χ0) is 17.4. The van der Waals surface area contributed by atoms with Crippen molar-refractivity contribution in [2.45, 2.75) is 19.3 Å². The van der Waals surface area contributed by atoms with Gasteiger partial charge in [-0.25, -0.2) is 4.98 Å². The van der Waals surface area contributed by atoms with Gasteiger partial charge in [-0.05, 0) is 37.0 Å². The number of rotatable bonds is 3. The van der Waals surface area contributed by atoms with Gasteiger partial charge in [0.25, 0.3) is 0 Å². The largest absolute Gasteiger partial charge is 0.366 e. The van der Waals surface area contributed by atoms with E-state index in [9.17, 15) is 9.59 Å². The van der Waals surface area contributed by atoms with Gasteiger partial charge in [0.15, 0.2) is 0 Å². The molecule has 3 aromatic rings. The lowest BCUT2D eigenvalue weighted by molar-refractivity contribution is -0.120. The summed E-state index contributed by atoms with van der Waals surface area (Å²) in [6.45, 7) is 0. The Bertz CT molecular complexity index is 979. The first-order valence-electron chi connectivity index (χ1n) is 8.13. The Balaban J connectivity index is 1.60. The molecule has 0 spiro atoms. The number of aromatic amines is 1. The molecular formula is C18H17N5O2. The molecule has 0 saturated heterocycles. The van der Waals surface area contributed by atoms with Gasteiger partial charge in [-0.2, -0.15) is 5.10 Å². The van der Waals surface area contributed by atoms with Gasteiger partial charge in [0, 0.05) is 17.0 Å². The molecule has 7 nitrogen and oxygen atoms in total. The van der Waals surface area contributed by atoms with Crippen LogP contribution in [0.2, 0.25) is 0 Å². The lowest BCUT2D eigenvalue weighted by Gasteiger charge is -2.20. The average molecular weight is 335 g/mol. The highest BCUT2D eigenvalue weighted by atomic mass is 16.2. The molecule has 25 heavy (non-hydrogen) atoms. The normalized spacial score (nSPS) is 16.4. The monoisotopic (exact) mass is 335 g/mol. The van der Waals surface area contributed by atoms with Crippen LogP contribution in [0, 0.1) is 5.92 Å². The van der Waals surface area contributed by atoms with Crippen molar-refractivity contribution in [2.24, 2.45) is 11.7 Å². The van der Waals surface area contributed by atoms with E-state index in [4.69, 9.17) is 5.73 Å². The second kappa shape index (κ2) is 6.01. The predicted molar refractivity (Wildman–Crippen MR) is 93.0 cm³/mol. The van der Waals surface area contributed by atoms with Crippen molar-refractivity contribution < 1.29 is 9.59 Å². The lowest BCUT2D eigenvalue weighted by atomic mass is 9.87. The summed E-state index contributed by atoms with van der Waals surface area (Å²) in [5, 5.41) is 10.5. The van der Waals surface area contributed by atoms with E-state index in [1.807, 2.05) is 12.1 Å². The summed E-state index contributed by atoms with van der Waals surface area (Å²) in [7, 11) is 0. The summed E-state index contributed by atoms with van der Waals surface area (Å²) in [5.74, 6) is -0.453. The van der Waals surface area contributed by atoms with Crippen LogP contribution in [0.25, 0.3) is 10.9 Å². The van der Waals surface area contributed by atoms with Gasteiger partial charge in [0.1, 0.15) is 5.82 Å². The molecule has 4 rings (SSSR count). The second-order valence-electron chi connectivity index (χ2n) is 6.24. The van der Waals surface area contributed by atoms with Crippen LogP contribution in [-0.4, -0.2) is 27.0 Å². The minimum Gasteiger partial charge on any atom is -0.366 e. The van der Waals surface area contributed by atoms with Gasteiger partial charge >= 0.3 is 0 Å². The van der Waals surface area contributed by atoms with Gasteiger partial charge in [-0.15, -0.1) is 0 Å². The number of primary amides is 1. The van der Waals surface area contributed by atoms with E-state index in [-0.39, 0.29) is 11.8 Å². The number of para-hydroxylation sites is 1. The molecule has 0 radical (unpaired) electrons. The van der Waals surface area contributed by atoms with Crippen LogP contribution in [-0.2, 0) is 17.6 Å². The first-order valence-corrected chi connectivity index (χ1v) is 8.13. The molecule has 2 aromatic heterocycles. The smallest absolute Gasteiger partial charge is 0.249 e. The van der Waals surface area contributed by atoms with Gasteiger partial charge < -0.3 is 11.1 Å². The molecule has 1 atom stereocenters. The SMILES string of the molecule is NC(=O)c1cc(NC(=O)C2CCc3[nH]ncc3C2)nc2ccccc12. The molecule has 2 heterocycles. The zero-order valence-electron chi connectivity index (χ0n) is 13.5. The van der Waals surface area contributed by atoms with E-state index in [2.05, 4.69) is 20.5 Å². The number of aryl methyl sites for hydroxylation is 1. The summed E-state index contributed by atoms with van der Waals surface area (Å²) in [6, 6.07) is 8.76. The number of benzene rings is 1. The Morgan fingerprint density at radius 3 is 2.96 bits per heavy atom. The molecule has 0 fully saturated rings. The van der Waals surface area contributed by atoms with E-state index in [0.29, 0.717) is 28.7 Å². The fraction of sp³-hybridized carbons (Fsp3) is 0.222. The highest BCUT2D eigenvalue weighted by Crippen LogP contribution is 2.26. The molecule has 1 aliphatic carbocycles. The van der Waals surface area contributed by atoms with Gasteiger partial charge in [0.2, 0.25) is 11.8 Å². The third kappa shape index (κ3) is 2.84. The average Bonchev–Trinajstić information content (AvgIpc) is 3.08. The van der Waals surface area contributed by atoms with Crippen LogP contribution in [0.15, 0.2) is 36.5 Å². The van der Waals surface area contributed by atoms with Crippen molar-refractivity contribution in [3.05, 3.63) is 53.3 Å². The molecule has 126 valence electrons. The maximum atomic E-state index is 12.6. The molecule has 0 bridgehead atoms. The Kier molecular flexibility index (Phi) is 3.68. The number of nitrogens with zero attached hydrogens (tertiary/aromatic N) is 2. The van der Waals surface area contributed by atoms with Gasteiger partial charge in [0.05, 0.1) is 17.3 Å². The predicted octanol–water partition coefficient (Wildman–Crippen LogP) is 1.80. The van der Waals surface area contributed by atoms with E-state index < -0.39 is 5.91 Å². The number of carbonyl (C=O) groups excluding carboxylic acids is 2.